The minimum atomic E-state index is -1.54. The molecule has 0 aromatic heterocycles. The summed E-state index contributed by atoms with van der Waals surface area (Å²) in [5.74, 6) is 0. The Bertz CT molecular complexity index is 363. The van der Waals surface area contributed by atoms with Crippen LogP contribution in [0.25, 0.3) is 0 Å². The summed E-state index contributed by atoms with van der Waals surface area (Å²) < 4.78 is 6.12. The molecule has 3 heteroatoms. The fraction of sp³-hybridized carbons (Fsp3) is 0.600. The molecule has 0 spiro atoms. The fourth-order valence-corrected chi connectivity index (χ4v) is 5.78. The highest BCUT2D eigenvalue weighted by molar-refractivity contribution is 6.70. The van der Waals surface area contributed by atoms with Gasteiger partial charge in [-0.2, -0.15) is 0 Å². The Morgan fingerprint density at radius 1 is 1.22 bits per heavy atom. The maximum atomic E-state index is 9.50. The van der Waals surface area contributed by atoms with Crippen molar-refractivity contribution in [3.8, 4) is 0 Å². The summed E-state index contributed by atoms with van der Waals surface area (Å²) in [7, 11) is -1.54. The molecule has 0 aliphatic carbocycles. The van der Waals surface area contributed by atoms with Gasteiger partial charge in [-0.3, -0.25) is 0 Å². The second-order valence-corrected chi connectivity index (χ2v) is 8.71. The number of aliphatic hydroxyl groups is 1. The monoisotopic (exact) mass is 266 g/mol. The Labute approximate surface area is 113 Å². The first-order chi connectivity index (χ1) is 8.56. The van der Waals surface area contributed by atoms with Crippen LogP contribution in [0.1, 0.15) is 46.1 Å². The zero-order chi connectivity index (χ0) is 13.6. The molecule has 0 saturated carbocycles. The van der Waals surface area contributed by atoms with Gasteiger partial charge in [0.05, 0.1) is 6.61 Å². The molecular weight excluding hydrogens is 240 g/mol. The van der Waals surface area contributed by atoms with E-state index in [1.54, 1.807) is 0 Å². The maximum Gasteiger partial charge on any atom is 0.214 e. The number of hydrogen-bond acceptors (Lipinski definition) is 2. The Morgan fingerprint density at radius 3 is 2.44 bits per heavy atom. The van der Waals surface area contributed by atoms with Crippen LogP contribution in [0.3, 0.4) is 0 Å². The lowest BCUT2D eigenvalue weighted by Gasteiger charge is -2.33. The molecule has 0 aliphatic heterocycles. The minimum absolute atomic E-state index is 0.106. The molecule has 1 N–H and O–H groups in total. The van der Waals surface area contributed by atoms with E-state index in [-0.39, 0.29) is 11.6 Å². The predicted octanol–water partition coefficient (Wildman–Crippen LogP) is 2.73. The van der Waals surface area contributed by atoms with Crippen LogP contribution in [0.5, 0.6) is 0 Å². The van der Waals surface area contributed by atoms with Gasteiger partial charge in [-0.25, -0.2) is 0 Å². The number of aliphatic hydroxyl groups excluding tert-OH is 1. The highest BCUT2D eigenvalue weighted by atomic mass is 28.3. The van der Waals surface area contributed by atoms with Gasteiger partial charge >= 0.3 is 0 Å². The lowest BCUT2D eigenvalue weighted by atomic mass is 10.1. The third-order valence-corrected chi connectivity index (χ3v) is 6.95. The van der Waals surface area contributed by atoms with Crippen molar-refractivity contribution in [2.24, 2.45) is 0 Å². The van der Waals surface area contributed by atoms with Crippen molar-refractivity contribution in [1.29, 1.82) is 0 Å². The third-order valence-electron chi connectivity index (χ3n) is 3.45. The smallest absolute Gasteiger partial charge is 0.214 e. The standard InChI is InChI=1S/C15H26O2Si/c1-5-11-15(3,4)18(17-6-2)14-10-8-7-9-13(14)12-16/h7-10,16,18H,5-6,11-12H2,1-4H3. The van der Waals surface area contributed by atoms with E-state index in [1.165, 1.54) is 18.0 Å². The van der Waals surface area contributed by atoms with E-state index < -0.39 is 9.04 Å². The van der Waals surface area contributed by atoms with Crippen LogP contribution in [-0.4, -0.2) is 20.8 Å². The van der Waals surface area contributed by atoms with Gasteiger partial charge in [-0.15, -0.1) is 0 Å². The molecule has 1 aromatic carbocycles. The topological polar surface area (TPSA) is 29.5 Å². The average Bonchev–Trinajstić information content (AvgIpc) is 2.35. The molecule has 0 fully saturated rings. The van der Waals surface area contributed by atoms with Crippen molar-refractivity contribution in [3.63, 3.8) is 0 Å². The molecule has 1 atom stereocenters. The largest absolute Gasteiger partial charge is 0.415 e. The van der Waals surface area contributed by atoms with Gasteiger partial charge in [0.15, 0.2) is 0 Å². The molecule has 0 amide bonds. The maximum absolute atomic E-state index is 9.50. The van der Waals surface area contributed by atoms with Crippen molar-refractivity contribution >= 4 is 14.2 Å². The van der Waals surface area contributed by atoms with Crippen LogP contribution in [-0.2, 0) is 11.0 Å². The van der Waals surface area contributed by atoms with E-state index in [9.17, 15) is 5.11 Å². The summed E-state index contributed by atoms with van der Waals surface area (Å²) >= 11 is 0. The number of benzene rings is 1. The Hall–Kier alpha value is -0.643. The summed E-state index contributed by atoms with van der Waals surface area (Å²) in [5, 5.41) is 11.0. The summed E-state index contributed by atoms with van der Waals surface area (Å²) in [4.78, 5) is 0. The van der Waals surface area contributed by atoms with Crippen LogP contribution in [0, 0.1) is 0 Å². The molecule has 2 nitrogen and oxygen atoms in total. The van der Waals surface area contributed by atoms with Gasteiger partial charge in [-0.05, 0) is 29.1 Å². The zero-order valence-corrected chi connectivity index (χ0v) is 13.2. The van der Waals surface area contributed by atoms with Crippen molar-refractivity contribution < 1.29 is 9.53 Å². The normalized spacial score (nSPS) is 13.6. The fourth-order valence-electron chi connectivity index (χ4n) is 2.61. The molecule has 0 aliphatic rings. The Kier molecular flexibility index (Phi) is 6.06. The first kappa shape index (κ1) is 15.4. The van der Waals surface area contributed by atoms with E-state index in [4.69, 9.17) is 4.43 Å². The summed E-state index contributed by atoms with van der Waals surface area (Å²) in [6.45, 7) is 9.74. The van der Waals surface area contributed by atoms with E-state index in [1.807, 2.05) is 12.1 Å². The van der Waals surface area contributed by atoms with Gasteiger partial charge in [0, 0.05) is 6.61 Å². The number of rotatable bonds is 7. The van der Waals surface area contributed by atoms with Gasteiger partial charge in [0.2, 0.25) is 9.04 Å². The highest BCUT2D eigenvalue weighted by Crippen LogP contribution is 2.34. The summed E-state index contributed by atoms with van der Waals surface area (Å²) in [6, 6.07) is 8.18. The van der Waals surface area contributed by atoms with Gasteiger partial charge < -0.3 is 9.53 Å². The molecule has 1 unspecified atom stereocenters. The molecule has 18 heavy (non-hydrogen) atoms. The van der Waals surface area contributed by atoms with Crippen LogP contribution in [0.15, 0.2) is 24.3 Å². The lowest BCUT2D eigenvalue weighted by molar-refractivity contribution is 0.281. The molecule has 1 rings (SSSR count). The minimum Gasteiger partial charge on any atom is -0.415 e. The van der Waals surface area contributed by atoms with Gasteiger partial charge in [-0.1, -0.05) is 51.5 Å². The molecule has 1 aromatic rings. The third kappa shape index (κ3) is 3.67. The quantitative estimate of drug-likeness (QED) is 0.769. The lowest BCUT2D eigenvalue weighted by Crippen LogP contribution is -2.44. The van der Waals surface area contributed by atoms with Crippen LogP contribution in [0.4, 0.5) is 0 Å². The van der Waals surface area contributed by atoms with E-state index >= 15 is 0 Å². The SMILES string of the molecule is CCCC(C)(C)[SiH](OCC)c1ccccc1CO. The summed E-state index contributed by atoms with van der Waals surface area (Å²) in [5.41, 5.74) is 1.03. The second-order valence-electron chi connectivity index (χ2n) is 5.43. The second kappa shape index (κ2) is 7.07. The summed E-state index contributed by atoms with van der Waals surface area (Å²) in [6.07, 6.45) is 2.34. The van der Waals surface area contributed by atoms with Crippen LogP contribution >= 0.6 is 0 Å². The molecule has 0 heterocycles. The van der Waals surface area contributed by atoms with E-state index in [0.29, 0.717) is 0 Å². The van der Waals surface area contributed by atoms with Crippen LogP contribution in [0.2, 0.25) is 5.04 Å². The number of hydrogen-bond donors (Lipinski definition) is 1. The molecule has 0 saturated heterocycles. The first-order valence-corrected chi connectivity index (χ1v) is 8.49. The van der Waals surface area contributed by atoms with Crippen molar-refractivity contribution in [2.45, 2.75) is 52.2 Å². The molecular formula is C15H26O2Si. The van der Waals surface area contributed by atoms with Crippen molar-refractivity contribution in [1.82, 2.24) is 0 Å². The van der Waals surface area contributed by atoms with E-state index in [2.05, 4.69) is 39.8 Å². The first-order valence-electron chi connectivity index (χ1n) is 6.87. The van der Waals surface area contributed by atoms with Crippen molar-refractivity contribution in [2.75, 3.05) is 6.61 Å². The highest BCUT2D eigenvalue weighted by Gasteiger charge is 2.34. The molecule has 0 radical (unpaired) electrons. The Balaban J connectivity index is 3.11. The van der Waals surface area contributed by atoms with Gasteiger partial charge in [0.1, 0.15) is 0 Å². The predicted molar refractivity (Wildman–Crippen MR) is 79.7 cm³/mol. The van der Waals surface area contributed by atoms with E-state index in [0.717, 1.165) is 12.2 Å². The average molecular weight is 266 g/mol. The molecule has 102 valence electrons. The van der Waals surface area contributed by atoms with Crippen molar-refractivity contribution in [3.05, 3.63) is 29.8 Å². The van der Waals surface area contributed by atoms with Gasteiger partial charge in [0.25, 0.3) is 0 Å². The Morgan fingerprint density at radius 2 is 1.89 bits per heavy atom. The van der Waals surface area contributed by atoms with Crippen LogP contribution < -0.4 is 5.19 Å². The zero-order valence-electron chi connectivity index (χ0n) is 12.1. The molecule has 0 bridgehead atoms.